The van der Waals surface area contributed by atoms with Gasteiger partial charge in [0, 0.05) is 17.9 Å². The summed E-state index contributed by atoms with van der Waals surface area (Å²) < 4.78 is 28.6. The Bertz CT molecular complexity index is 641. The molecule has 20 heavy (non-hydrogen) atoms. The lowest BCUT2D eigenvalue weighted by Gasteiger charge is -2.14. The van der Waals surface area contributed by atoms with Crippen molar-refractivity contribution in [2.75, 3.05) is 17.4 Å². The van der Waals surface area contributed by atoms with Gasteiger partial charge in [0.05, 0.1) is 11.5 Å². The van der Waals surface area contributed by atoms with Gasteiger partial charge in [-0.1, -0.05) is 11.8 Å². The van der Waals surface area contributed by atoms with E-state index in [1.807, 2.05) is 25.1 Å². The summed E-state index contributed by atoms with van der Waals surface area (Å²) in [5.41, 5.74) is 1.88. The van der Waals surface area contributed by atoms with Gasteiger partial charge in [-0.3, -0.25) is 0 Å². The van der Waals surface area contributed by atoms with Crippen LogP contribution in [0.5, 0.6) is 5.75 Å². The van der Waals surface area contributed by atoms with E-state index in [0.29, 0.717) is 18.7 Å². The van der Waals surface area contributed by atoms with E-state index >= 15 is 0 Å². The minimum atomic E-state index is -2.91. The molecule has 3 nitrogen and oxygen atoms in total. The van der Waals surface area contributed by atoms with Crippen LogP contribution >= 0.6 is 11.6 Å². The highest BCUT2D eigenvalue weighted by Gasteiger charge is 2.29. The highest BCUT2D eigenvalue weighted by molar-refractivity contribution is 7.91. The zero-order valence-corrected chi connectivity index (χ0v) is 12.9. The third kappa shape index (κ3) is 4.16. The van der Waals surface area contributed by atoms with E-state index < -0.39 is 9.84 Å². The Kier molecular flexibility index (Phi) is 4.95. The van der Waals surface area contributed by atoms with Crippen LogP contribution in [0.3, 0.4) is 0 Å². The summed E-state index contributed by atoms with van der Waals surface area (Å²) in [5.74, 6) is 7.61. The molecule has 0 amide bonds. The number of aryl methyl sites for hydroxylation is 1. The van der Waals surface area contributed by atoms with Gasteiger partial charge in [-0.2, -0.15) is 0 Å². The molecule has 0 spiro atoms. The van der Waals surface area contributed by atoms with Crippen molar-refractivity contribution < 1.29 is 13.2 Å². The first-order valence-electron chi connectivity index (χ1n) is 6.53. The minimum absolute atomic E-state index is 0.115. The van der Waals surface area contributed by atoms with E-state index in [1.54, 1.807) is 0 Å². The standard InChI is InChI=1S/C15H17ClO3S/c1-12-10-13(4-2-3-8-16)5-6-15(12)19-14-7-9-20(17,18)11-14/h5-6,10,14H,3,7-9,11H2,1H3. The average Bonchev–Trinajstić information content (AvgIpc) is 2.72. The highest BCUT2D eigenvalue weighted by atomic mass is 35.5. The average molecular weight is 313 g/mol. The summed E-state index contributed by atoms with van der Waals surface area (Å²) in [4.78, 5) is 0. The molecule has 1 unspecified atom stereocenters. The first-order chi connectivity index (χ1) is 9.50. The second-order valence-corrected chi connectivity index (χ2v) is 7.47. The number of benzene rings is 1. The maximum atomic E-state index is 11.4. The fraction of sp³-hybridized carbons (Fsp3) is 0.467. The van der Waals surface area contributed by atoms with Gasteiger partial charge in [0.2, 0.25) is 0 Å². The van der Waals surface area contributed by atoms with Crippen molar-refractivity contribution in [1.29, 1.82) is 0 Å². The fourth-order valence-corrected chi connectivity index (χ4v) is 3.79. The quantitative estimate of drug-likeness (QED) is 0.636. The van der Waals surface area contributed by atoms with E-state index in [2.05, 4.69) is 11.8 Å². The third-order valence-electron chi connectivity index (χ3n) is 3.11. The van der Waals surface area contributed by atoms with E-state index in [9.17, 15) is 8.42 Å². The molecule has 1 aliphatic rings. The van der Waals surface area contributed by atoms with E-state index in [0.717, 1.165) is 16.9 Å². The zero-order valence-electron chi connectivity index (χ0n) is 11.4. The van der Waals surface area contributed by atoms with Crippen LogP contribution in [0.15, 0.2) is 18.2 Å². The smallest absolute Gasteiger partial charge is 0.154 e. The molecule has 1 aliphatic heterocycles. The summed E-state index contributed by atoms with van der Waals surface area (Å²) in [6.07, 6.45) is 1.00. The normalized spacial score (nSPS) is 20.2. The van der Waals surface area contributed by atoms with Gasteiger partial charge < -0.3 is 4.74 Å². The van der Waals surface area contributed by atoms with Crippen molar-refractivity contribution in [2.45, 2.75) is 25.9 Å². The van der Waals surface area contributed by atoms with E-state index in [1.165, 1.54) is 0 Å². The summed E-state index contributed by atoms with van der Waals surface area (Å²) in [6, 6.07) is 5.68. The van der Waals surface area contributed by atoms with Gasteiger partial charge in [0.15, 0.2) is 9.84 Å². The first-order valence-corrected chi connectivity index (χ1v) is 8.88. The predicted molar refractivity (Wildman–Crippen MR) is 81.1 cm³/mol. The number of alkyl halides is 1. The number of ether oxygens (including phenoxy) is 1. The summed E-state index contributed by atoms with van der Waals surface area (Å²) in [7, 11) is -2.91. The van der Waals surface area contributed by atoms with Crippen molar-refractivity contribution in [1.82, 2.24) is 0 Å². The van der Waals surface area contributed by atoms with E-state index in [-0.39, 0.29) is 17.6 Å². The Labute approximate surface area is 125 Å². The maximum absolute atomic E-state index is 11.4. The molecule has 1 aromatic carbocycles. The highest BCUT2D eigenvalue weighted by Crippen LogP contribution is 2.24. The van der Waals surface area contributed by atoms with Crippen molar-refractivity contribution in [3.05, 3.63) is 29.3 Å². The molecule has 0 radical (unpaired) electrons. The van der Waals surface area contributed by atoms with Gasteiger partial charge in [-0.05, 0) is 37.1 Å². The van der Waals surface area contributed by atoms with Crippen molar-refractivity contribution >= 4 is 21.4 Å². The number of halogens is 1. The SMILES string of the molecule is Cc1cc(C#CCCCl)ccc1OC1CCS(=O)(=O)C1. The Morgan fingerprint density at radius 3 is 2.85 bits per heavy atom. The Morgan fingerprint density at radius 2 is 2.25 bits per heavy atom. The molecule has 1 aromatic rings. The van der Waals surface area contributed by atoms with Crippen LogP contribution in [0.25, 0.3) is 0 Å². The molecule has 0 aromatic heterocycles. The summed E-state index contributed by atoms with van der Waals surface area (Å²) in [5, 5.41) is 0. The van der Waals surface area contributed by atoms with Crippen LogP contribution in [0.1, 0.15) is 24.0 Å². The van der Waals surface area contributed by atoms with E-state index in [4.69, 9.17) is 16.3 Å². The maximum Gasteiger partial charge on any atom is 0.154 e. The van der Waals surface area contributed by atoms with Crippen LogP contribution < -0.4 is 4.74 Å². The number of sulfone groups is 1. The number of hydrogen-bond acceptors (Lipinski definition) is 3. The molecule has 0 bridgehead atoms. The number of hydrogen-bond donors (Lipinski definition) is 0. The second-order valence-electron chi connectivity index (χ2n) is 4.86. The number of rotatable bonds is 3. The Hall–Kier alpha value is -1.18. The van der Waals surface area contributed by atoms with Crippen molar-refractivity contribution in [2.24, 2.45) is 0 Å². The minimum Gasteiger partial charge on any atom is -0.489 e. The van der Waals surface area contributed by atoms with Crippen LogP contribution in [0.2, 0.25) is 0 Å². The molecule has 2 rings (SSSR count). The summed E-state index contributed by atoms with van der Waals surface area (Å²) >= 11 is 5.57. The lowest BCUT2D eigenvalue weighted by atomic mass is 10.1. The Morgan fingerprint density at radius 1 is 1.45 bits per heavy atom. The molecule has 1 saturated heterocycles. The van der Waals surface area contributed by atoms with Gasteiger partial charge >= 0.3 is 0 Å². The molecule has 0 aliphatic carbocycles. The van der Waals surface area contributed by atoms with Crippen molar-refractivity contribution in [3.8, 4) is 17.6 Å². The topological polar surface area (TPSA) is 43.4 Å². The summed E-state index contributed by atoms with van der Waals surface area (Å²) in [6.45, 7) is 1.94. The van der Waals surface area contributed by atoms with Gasteiger partial charge in [0.1, 0.15) is 11.9 Å². The van der Waals surface area contributed by atoms with Crippen LogP contribution in [-0.4, -0.2) is 31.9 Å². The molecule has 0 N–H and O–H groups in total. The molecule has 5 heteroatoms. The van der Waals surface area contributed by atoms with Crippen LogP contribution in [0, 0.1) is 18.8 Å². The Balaban J connectivity index is 2.05. The fourth-order valence-electron chi connectivity index (χ4n) is 2.10. The van der Waals surface area contributed by atoms with Gasteiger partial charge in [-0.25, -0.2) is 8.42 Å². The van der Waals surface area contributed by atoms with Crippen LogP contribution in [-0.2, 0) is 9.84 Å². The molecule has 1 atom stereocenters. The van der Waals surface area contributed by atoms with Crippen molar-refractivity contribution in [3.63, 3.8) is 0 Å². The molecule has 1 fully saturated rings. The third-order valence-corrected chi connectivity index (χ3v) is 5.04. The lowest BCUT2D eigenvalue weighted by molar-refractivity contribution is 0.227. The zero-order chi connectivity index (χ0) is 14.6. The van der Waals surface area contributed by atoms with Gasteiger partial charge in [-0.15, -0.1) is 11.6 Å². The molecule has 0 saturated carbocycles. The predicted octanol–water partition coefficient (Wildman–Crippen LogP) is 2.54. The molecule has 1 heterocycles. The largest absolute Gasteiger partial charge is 0.489 e. The van der Waals surface area contributed by atoms with Gasteiger partial charge in [0.25, 0.3) is 0 Å². The molecular formula is C15H17ClO3S. The molecular weight excluding hydrogens is 296 g/mol. The van der Waals surface area contributed by atoms with Crippen LogP contribution in [0.4, 0.5) is 0 Å². The second kappa shape index (κ2) is 6.51. The lowest BCUT2D eigenvalue weighted by Crippen LogP contribution is -2.18. The molecule has 108 valence electrons. The first kappa shape index (κ1) is 15.2. The monoisotopic (exact) mass is 312 g/mol.